The summed E-state index contributed by atoms with van der Waals surface area (Å²) in [6.45, 7) is 0.856. The van der Waals surface area contributed by atoms with E-state index < -0.39 is 17.7 Å². The van der Waals surface area contributed by atoms with Gasteiger partial charge >= 0.3 is 6.18 Å². The van der Waals surface area contributed by atoms with Crippen molar-refractivity contribution in [3.8, 4) is 5.75 Å². The van der Waals surface area contributed by atoms with Crippen LogP contribution in [0.5, 0.6) is 5.75 Å². The molecule has 10 heteroatoms. The van der Waals surface area contributed by atoms with Gasteiger partial charge in [-0.3, -0.25) is 15.1 Å². The fourth-order valence-corrected chi connectivity index (χ4v) is 2.47. The van der Waals surface area contributed by atoms with Crippen molar-refractivity contribution in [2.45, 2.75) is 26.2 Å². The molecule has 0 aliphatic carbocycles. The number of halogens is 3. The summed E-state index contributed by atoms with van der Waals surface area (Å²) in [5, 5.41) is 16.8. The Morgan fingerprint density at radius 2 is 1.90 bits per heavy atom. The highest BCUT2D eigenvalue weighted by molar-refractivity contribution is 5.79. The summed E-state index contributed by atoms with van der Waals surface area (Å²) < 4.78 is 42.3. The number of rotatable bonds is 7. The van der Waals surface area contributed by atoms with Crippen LogP contribution in [-0.4, -0.2) is 30.7 Å². The average Bonchev–Trinajstić information content (AvgIpc) is 2.67. The second-order valence-electron chi connectivity index (χ2n) is 6.22. The van der Waals surface area contributed by atoms with Gasteiger partial charge in [-0.25, -0.2) is 0 Å². The molecule has 0 spiro atoms. The maximum Gasteiger partial charge on any atom is 0.422 e. The van der Waals surface area contributed by atoms with E-state index in [1.807, 2.05) is 0 Å². The number of guanidine groups is 1. The summed E-state index contributed by atoms with van der Waals surface area (Å²) in [6, 6.07) is 11.2. The number of ether oxygens (including phenoxy) is 1. The van der Waals surface area contributed by atoms with Crippen molar-refractivity contribution >= 4 is 11.6 Å². The largest absolute Gasteiger partial charge is 0.484 e. The third-order valence-electron chi connectivity index (χ3n) is 3.87. The Balaban J connectivity index is 1.98. The van der Waals surface area contributed by atoms with E-state index in [-0.39, 0.29) is 24.5 Å². The lowest BCUT2D eigenvalue weighted by Crippen LogP contribution is -2.36. The van der Waals surface area contributed by atoms with Gasteiger partial charge in [-0.15, -0.1) is 0 Å². The number of benzene rings is 2. The number of nitrogens with zero attached hydrogens (tertiary/aromatic N) is 2. The molecule has 7 nitrogen and oxygen atoms in total. The molecule has 2 N–H and O–H groups in total. The van der Waals surface area contributed by atoms with E-state index in [2.05, 4.69) is 15.6 Å². The summed E-state index contributed by atoms with van der Waals surface area (Å²) in [5.41, 5.74) is 1.99. The van der Waals surface area contributed by atoms with E-state index in [9.17, 15) is 23.3 Å². The molecule has 2 aromatic rings. The number of hydrogen-bond donors (Lipinski definition) is 2. The quantitative estimate of drug-likeness (QED) is 0.314. The Morgan fingerprint density at radius 3 is 2.55 bits per heavy atom. The summed E-state index contributed by atoms with van der Waals surface area (Å²) >= 11 is 0. The molecule has 0 radical (unpaired) electrons. The normalized spacial score (nSPS) is 11.8. The Bertz CT molecular complexity index is 885. The van der Waals surface area contributed by atoms with Crippen LogP contribution < -0.4 is 15.4 Å². The fourth-order valence-electron chi connectivity index (χ4n) is 2.47. The molecule has 0 aliphatic heterocycles. The second kappa shape index (κ2) is 9.76. The minimum atomic E-state index is -4.43. The van der Waals surface area contributed by atoms with Crippen LogP contribution in [0.25, 0.3) is 0 Å². The van der Waals surface area contributed by atoms with Gasteiger partial charge in [0.15, 0.2) is 12.6 Å². The standard InChI is InChI=1S/C19H21F3N4O3/c1-13-6-7-15(17(8-13)29-12-19(20,21)22)11-25-18(23-2)24-10-14-4-3-5-16(9-14)26(27)28/h3-9H,10-12H2,1-2H3,(H2,23,24,25). The van der Waals surface area contributed by atoms with Crippen molar-refractivity contribution in [2.24, 2.45) is 4.99 Å². The maximum absolute atomic E-state index is 12.5. The molecular formula is C19H21F3N4O3. The van der Waals surface area contributed by atoms with Crippen molar-refractivity contribution < 1.29 is 22.8 Å². The van der Waals surface area contributed by atoms with Crippen LogP contribution >= 0.6 is 0 Å². The van der Waals surface area contributed by atoms with Gasteiger partial charge < -0.3 is 15.4 Å². The first-order chi connectivity index (χ1) is 13.7. The molecule has 29 heavy (non-hydrogen) atoms. The molecule has 0 amide bonds. The number of nitrogens with one attached hydrogen (secondary N) is 2. The molecule has 0 aliphatic rings. The minimum absolute atomic E-state index is 0.0154. The predicted molar refractivity (Wildman–Crippen MR) is 103 cm³/mol. The van der Waals surface area contributed by atoms with Gasteiger partial charge in [0.2, 0.25) is 0 Å². The van der Waals surface area contributed by atoms with Crippen molar-refractivity contribution in [3.05, 3.63) is 69.3 Å². The van der Waals surface area contributed by atoms with E-state index in [0.717, 1.165) is 5.56 Å². The van der Waals surface area contributed by atoms with Crippen LogP contribution in [0.2, 0.25) is 0 Å². The highest BCUT2D eigenvalue weighted by atomic mass is 19.4. The van der Waals surface area contributed by atoms with Gasteiger partial charge in [-0.2, -0.15) is 13.2 Å². The summed E-state index contributed by atoms with van der Waals surface area (Å²) in [5.74, 6) is 0.530. The maximum atomic E-state index is 12.5. The molecule has 0 atom stereocenters. The lowest BCUT2D eigenvalue weighted by Gasteiger charge is -2.16. The lowest BCUT2D eigenvalue weighted by molar-refractivity contribution is -0.384. The Morgan fingerprint density at radius 1 is 1.17 bits per heavy atom. The van der Waals surface area contributed by atoms with Gasteiger partial charge in [-0.05, 0) is 24.1 Å². The van der Waals surface area contributed by atoms with Crippen LogP contribution in [-0.2, 0) is 13.1 Å². The van der Waals surface area contributed by atoms with Crippen molar-refractivity contribution in [3.63, 3.8) is 0 Å². The summed E-state index contributed by atoms with van der Waals surface area (Å²) in [4.78, 5) is 14.4. The number of nitro benzene ring substituents is 1. The van der Waals surface area contributed by atoms with Crippen LogP contribution in [0.3, 0.4) is 0 Å². The topological polar surface area (TPSA) is 88.8 Å². The van der Waals surface area contributed by atoms with Gasteiger partial charge in [0.05, 0.1) is 4.92 Å². The number of aryl methyl sites for hydroxylation is 1. The zero-order valence-corrected chi connectivity index (χ0v) is 15.9. The SMILES string of the molecule is CN=C(NCc1cccc([N+](=O)[O-])c1)NCc1ccc(C)cc1OCC(F)(F)F. The molecule has 0 aromatic heterocycles. The Labute approximate surface area is 165 Å². The van der Waals surface area contributed by atoms with Crippen LogP contribution in [0, 0.1) is 17.0 Å². The highest BCUT2D eigenvalue weighted by Crippen LogP contribution is 2.23. The minimum Gasteiger partial charge on any atom is -0.484 e. The lowest BCUT2D eigenvalue weighted by atomic mass is 10.1. The fraction of sp³-hybridized carbons (Fsp3) is 0.316. The number of aliphatic imine (C=N–C) groups is 1. The van der Waals surface area contributed by atoms with E-state index in [1.165, 1.54) is 12.1 Å². The van der Waals surface area contributed by atoms with Crippen molar-refractivity contribution in [2.75, 3.05) is 13.7 Å². The van der Waals surface area contributed by atoms with E-state index in [0.29, 0.717) is 17.1 Å². The number of alkyl halides is 3. The molecule has 0 saturated heterocycles. The Hall–Kier alpha value is -3.30. The average molecular weight is 410 g/mol. The first-order valence-electron chi connectivity index (χ1n) is 8.65. The third-order valence-corrected chi connectivity index (χ3v) is 3.87. The molecule has 2 aromatic carbocycles. The number of hydrogen-bond acceptors (Lipinski definition) is 4. The van der Waals surface area contributed by atoms with Crippen molar-refractivity contribution in [1.82, 2.24) is 10.6 Å². The van der Waals surface area contributed by atoms with Crippen LogP contribution in [0.1, 0.15) is 16.7 Å². The number of nitro groups is 1. The van der Waals surface area contributed by atoms with Crippen molar-refractivity contribution in [1.29, 1.82) is 0 Å². The predicted octanol–water partition coefficient (Wildman–Crippen LogP) is 3.71. The first kappa shape index (κ1) is 22.0. The second-order valence-corrected chi connectivity index (χ2v) is 6.22. The van der Waals surface area contributed by atoms with E-state index in [4.69, 9.17) is 4.74 Å². The van der Waals surface area contributed by atoms with Gasteiger partial charge in [-0.1, -0.05) is 24.3 Å². The first-order valence-corrected chi connectivity index (χ1v) is 8.65. The molecule has 156 valence electrons. The van der Waals surface area contributed by atoms with Gasteiger partial charge in [0.25, 0.3) is 5.69 Å². The Kier molecular flexibility index (Phi) is 7.40. The molecule has 0 heterocycles. The monoisotopic (exact) mass is 410 g/mol. The van der Waals surface area contributed by atoms with Gasteiger partial charge in [0, 0.05) is 37.8 Å². The summed E-state index contributed by atoms with van der Waals surface area (Å²) in [7, 11) is 1.54. The third kappa shape index (κ3) is 7.32. The van der Waals surface area contributed by atoms with Crippen LogP contribution in [0.4, 0.5) is 18.9 Å². The van der Waals surface area contributed by atoms with Gasteiger partial charge in [0.1, 0.15) is 5.75 Å². The molecule has 0 saturated carbocycles. The molecule has 2 rings (SSSR count). The summed E-state index contributed by atoms with van der Waals surface area (Å²) in [6.07, 6.45) is -4.43. The number of non-ortho nitro benzene ring substituents is 1. The molecule has 0 unspecified atom stereocenters. The smallest absolute Gasteiger partial charge is 0.422 e. The van der Waals surface area contributed by atoms with Crippen LogP contribution in [0.15, 0.2) is 47.5 Å². The highest BCUT2D eigenvalue weighted by Gasteiger charge is 2.28. The molecule has 0 fully saturated rings. The van der Waals surface area contributed by atoms with E-state index in [1.54, 1.807) is 44.3 Å². The molecule has 0 bridgehead atoms. The zero-order chi connectivity index (χ0) is 21.4. The van der Waals surface area contributed by atoms with E-state index >= 15 is 0 Å². The zero-order valence-electron chi connectivity index (χ0n) is 15.9. The molecular weight excluding hydrogens is 389 g/mol.